The first kappa shape index (κ1) is 19.1. The smallest absolute Gasteiger partial charge is 0.271 e. The van der Waals surface area contributed by atoms with Gasteiger partial charge in [0.05, 0.1) is 23.4 Å². The summed E-state index contributed by atoms with van der Waals surface area (Å²) in [4.78, 5) is 29.3. The van der Waals surface area contributed by atoms with E-state index in [1.165, 1.54) is 17.4 Å². The molecule has 3 aromatic rings. The number of halogens is 1. The van der Waals surface area contributed by atoms with E-state index in [1.54, 1.807) is 13.1 Å². The maximum absolute atomic E-state index is 13.4. The number of pyridine rings is 1. The monoisotopic (exact) mass is 390 g/mol. The summed E-state index contributed by atoms with van der Waals surface area (Å²) in [5, 5.41) is 15.8. The zero-order valence-electron chi connectivity index (χ0n) is 15.0. The molecule has 3 heterocycles. The molecule has 0 aliphatic rings. The number of thiazole rings is 1. The Morgan fingerprint density at radius 1 is 1.30 bits per heavy atom. The van der Waals surface area contributed by atoms with Crippen LogP contribution in [-0.2, 0) is 0 Å². The van der Waals surface area contributed by atoms with E-state index in [-0.39, 0.29) is 24.2 Å². The van der Waals surface area contributed by atoms with Crippen LogP contribution >= 0.6 is 11.3 Å². The van der Waals surface area contributed by atoms with Crippen molar-refractivity contribution in [3.63, 3.8) is 0 Å². The molecule has 2 atom stereocenters. The minimum Gasteiger partial charge on any atom is -0.392 e. The zero-order valence-corrected chi connectivity index (χ0v) is 15.8. The third-order valence-electron chi connectivity index (χ3n) is 3.71. The van der Waals surface area contributed by atoms with E-state index in [2.05, 4.69) is 30.6 Å². The van der Waals surface area contributed by atoms with Crippen molar-refractivity contribution in [2.24, 2.45) is 0 Å². The van der Waals surface area contributed by atoms with Crippen LogP contribution in [0.4, 0.5) is 10.3 Å². The lowest BCUT2D eigenvalue weighted by Crippen LogP contribution is -2.31. The highest BCUT2D eigenvalue weighted by molar-refractivity contribution is 7.18. The molecule has 142 valence electrons. The first-order valence-electron chi connectivity index (χ1n) is 8.32. The fraction of sp³-hybridized carbons (Fsp3) is 0.353. The number of aryl methyl sites for hydroxylation is 1. The predicted octanol–water partition coefficient (Wildman–Crippen LogP) is 2.21. The Bertz CT molecular complexity index is 977. The molecule has 0 bridgehead atoms. The summed E-state index contributed by atoms with van der Waals surface area (Å²) in [5.41, 5.74) is 1.20. The summed E-state index contributed by atoms with van der Waals surface area (Å²) in [5.74, 6) is -0.660. The summed E-state index contributed by atoms with van der Waals surface area (Å²) in [7, 11) is 0. The first-order valence-corrected chi connectivity index (χ1v) is 9.13. The molecule has 0 radical (unpaired) electrons. The number of nitrogens with one attached hydrogen (secondary N) is 2. The van der Waals surface area contributed by atoms with Gasteiger partial charge in [0.2, 0.25) is 5.95 Å². The van der Waals surface area contributed by atoms with Gasteiger partial charge in [0.1, 0.15) is 10.5 Å². The number of hydrogen-bond donors (Lipinski definition) is 3. The number of hydrogen-bond acceptors (Lipinski definition) is 8. The minimum absolute atomic E-state index is 0.107. The molecule has 0 spiro atoms. The van der Waals surface area contributed by atoms with Gasteiger partial charge in [0.15, 0.2) is 11.3 Å². The molecule has 1 amide bonds. The van der Waals surface area contributed by atoms with Gasteiger partial charge in [0.25, 0.3) is 5.91 Å². The van der Waals surface area contributed by atoms with Gasteiger partial charge in [-0.15, -0.1) is 11.3 Å². The van der Waals surface area contributed by atoms with Gasteiger partial charge < -0.3 is 15.7 Å². The van der Waals surface area contributed by atoms with Crippen molar-refractivity contribution >= 4 is 33.5 Å². The van der Waals surface area contributed by atoms with Crippen molar-refractivity contribution in [3.05, 3.63) is 40.5 Å². The standard InChI is InChI=1S/C17H19FN6O2S/c1-8(25)5-20-16(26)13-14-15(22-10(3)27-14)24-17(23-13)21-9(2)11-4-12(18)7-19-6-11/h4,6-9,25H,5H2,1-3H3,(H,20,26)(H,21,23,24). The maximum Gasteiger partial charge on any atom is 0.271 e. The first-order chi connectivity index (χ1) is 12.8. The largest absolute Gasteiger partial charge is 0.392 e. The topological polar surface area (TPSA) is 113 Å². The Hall–Kier alpha value is -2.72. The molecule has 10 heteroatoms. The Morgan fingerprint density at radius 2 is 2.07 bits per heavy atom. The predicted molar refractivity (Wildman–Crippen MR) is 100 cm³/mol. The van der Waals surface area contributed by atoms with Crippen LogP contribution in [0.25, 0.3) is 10.3 Å². The molecule has 8 nitrogen and oxygen atoms in total. The molecule has 3 N–H and O–H groups in total. The summed E-state index contributed by atoms with van der Waals surface area (Å²) >= 11 is 1.32. The average molecular weight is 390 g/mol. The molecule has 0 saturated carbocycles. The number of aromatic nitrogens is 4. The molecule has 0 fully saturated rings. The molecule has 3 aromatic heterocycles. The fourth-order valence-electron chi connectivity index (χ4n) is 2.41. The molecule has 2 unspecified atom stereocenters. The van der Waals surface area contributed by atoms with Crippen LogP contribution < -0.4 is 10.6 Å². The van der Waals surface area contributed by atoms with E-state index in [4.69, 9.17) is 0 Å². The minimum atomic E-state index is -0.674. The number of amides is 1. The maximum atomic E-state index is 13.4. The fourth-order valence-corrected chi connectivity index (χ4v) is 3.26. The lowest BCUT2D eigenvalue weighted by atomic mass is 10.1. The number of rotatable bonds is 6. The molecular weight excluding hydrogens is 371 g/mol. The highest BCUT2D eigenvalue weighted by atomic mass is 32.1. The van der Waals surface area contributed by atoms with Crippen LogP contribution in [0.1, 0.15) is 40.9 Å². The second kappa shape index (κ2) is 7.89. The van der Waals surface area contributed by atoms with Gasteiger partial charge in [-0.1, -0.05) is 0 Å². The summed E-state index contributed by atoms with van der Waals surface area (Å²) < 4.78 is 14.0. The Balaban J connectivity index is 1.92. The van der Waals surface area contributed by atoms with Crippen LogP contribution in [-0.4, -0.2) is 43.6 Å². The van der Waals surface area contributed by atoms with Crippen LogP contribution in [0.2, 0.25) is 0 Å². The molecule has 27 heavy (non-hydrogen) atoms. The lowest BCUT2D eigenvalue weighted by molar-refractivity contribution is 0.0921. The molecule has 0 aliphatic heterocycles. The van der Waals surface area contributed by atoms with E-state index < -0.39 is 17.8 Å². The van der Waals surface area contributed by atoms with Gasteiger partial charge in [-0.2, -0.15) is 4.98 Å². The number of anilines is 1. The van der Waals surface area contributed by atoms with Crippen molar-refractivity contribution in [2.75, 3.05) is 11.9 Å². The normalized spacial score (nSPS) is 13.4. The number of carbonyl (C=O) groups is 1. The Labute approximate surface area is 158 Å². The highest BCUT2D eigenvalue weighted by Gasteiger charge is 2.19. The Morgan fingerprint density at radius 3 is 2.78 bits per heavy atom. The van der Waals surface area contributed by atoms with Crippen LogP contribution in [0.15, 0.2) is 18.5 Å². The average Bonchev–Trinajstić information content (AvgIpc) is 2.98. The number of aliphatic hydroxyl groups excluding tert-OH is 1. The second-order valence-electron chi connectivity index (χ2n) is 6.14. The second-order valence-corrected chi connectivity index (χ2v) is 7.35. The summed E-state index contributed by atoms with van der Waals surface area (Å²) in [6.45, 7) is 5.31. The number of carbonyl (C=O) groups excluding carboxylic acids is 1. The summed E-state index contributed by atoms with van der Waals surface area (Å²) in [6.07, 6.45) is 2.00. The van der Waals surface area contributed by atoms with Crippen molar-refractivity contribution < 1.29 is 14.3 Å². The van der Waals surface area contributed by atoms with Crippen molar-refractivity contribution in [1.82, 2.24) is 25.3 Å². The molecule has 0 saturated heterocycles. The summed E-state index contributed by atoms with van der Waals surface area (Å²) in [6, 6.07) is 1.03. The van der Waals surface area contributed by atoms with E-state index in [0.717, 1.165) is 11.2 Å². The van der Waals surface area contributed by atoms with Gasteiger partial charge in [-0.05, 0) is 32.4 Å². The third kappa shape index (κ3) is 4.52. The van der Waals surface area contributed by atoms with E-state index in [0.29, 0.717) is 15.9 Å². The number of fused-ring (bicyclic) bond motifs is 1. The lowest BCUT2D eigenvalue weighted by Gasteiger charge is -2.14. The van der Waals surface area contributed by atoms with E-state index in [9.17, 15) is 14.3 Å². The van der Waals surface area contributed by atoms with Gasteiger partial charge in [-0.3, -0.25) is 9.78 Å². The molecule has 3 rings (SSSR count). The molecule has 0 aliphatic carbocycles. The van der Waals surface area contributed by atoms with Crippen molar-refractivity contribution in [2.45, 2.75) is 32.9 Å². The van der Waals surface area contributed by atoms with Crippen molar-refractivity contribution in [3.8, 4) is 0 Å². The van der Waals surface area contributed by atoms with Gasteiger partial charge in [0, 0.05) is 12.7 Å². The third-order valence-corrected chi connectivity index (χ3v) is 4.67. The van der Waals surface area contributed by atoms with E-state index >= 15 is 0 Å². The van der Waals surface area contributed by atoms with Crippen LogP contribution in [0, 0.1) is 12.7 Å². The zero-order chi connectivity index (χ0) is 19.6. The van der Waals surface area contributed by atoms with E-state index in [1.807, 2.05) is 13.8 Å². The van der Waals surface area contributed by atoms with Crippen LogP contribution in [0.5, 0.6) is 0 Å². The van der Waals surface area contributed by atoms with Crippen molar-refractivity contribution in [1.29, 1.82) is 0 Å². The van der Waals surface area contributed by atoms with Gasteiger partial charge in [-0.25, -0.2) is 14.4 Å². The van der Waals surface area contributed by atoms with Crippen LogP contribution in [0.3, 0.4) is 0 Å². The van der Waals surface area contributed by atoms with Gasteiger partial charge >= 0.3 is 0 Å². The quantitative estimate of drug-likeness (QED) is 0.591. The SMILES string of the molecule is Cc1nc2nc(NC(C)c3cncc(F)c3)nc(C(=O)NCC(C)O)c2s1. The highest BCUT2D eigenvalue weighted by Crippen LogP contribution is 2.26. The Kier molecular flexibility index (Phi) is 5.57. The molecule has 0 aromatic carbocycles. The molecular formula is C17H19FN6O2S. The number of aliphatic hydroxyl groups is 1. The number of nitrogens with zero attached hydrogens (tertiary/aromatic N) is 4.